The number of hydrogen-bond donors (Lipinski definition) is 1. The molecule has 1 aromatic heterocycles. The Labute approximate surface area is 203 Å². The van der Waals surface area contributed by atoms with Crippen LogP contribution in [0.15, 0.2) is 24.4 Å². The molecule has 10 nitrogen and oxygen atoms in total. The van der Waals surface area contributed by atoms with Crippen molar-refractivity contribution in [3.63, 3.8) is 0 Å². The molecule has 0 bridgehead atoms. The summed E-state index contributed by atoms with van der Waals surface area (Å²) in [5, 5.41) is 0. The zero-order valence-electron chi connectivity index (χ0n) is 20.0. The minimum atomic E-state index is -0.554. The van der Waals surface area contributed by atoms with Gasteiger partial charge in [0.1, 0.15) is 30.3 Å². The average molecular weight is 479 g/mol. The number of amides is 4. The van der Waals surface area contributed by atoms with Gasteiger partial charge in [-0.1, -0.05) is 13.8 Å². The van der Waals surface area contributed by atoms with Crippen molar-refractivity contribution in [2.45, 2.75) is 64.2 Å². The summed E-state index contributed by atoms with van der Waals surface area (Å²) >= 11 is 0. The lowest BCUT2D eigenvalue weighted by atomic mass is 10.0. The van der Waals surface area contributed by atoms with Gasteiger partial charge in [-0.25, -0.2) is 9.78 Å². The van der Waals surface area contributed by atoms with E-state index in [1.807, 2.05) is 47.7 Å². The van der Waals surface area contributed by atoms with Crippen molar-refractivity contribution in [3.8, 4) is 17.1 Å². The number of benzene rings is 1. The predicted molar refractivity (Wildman–Crippen MR) is 129 cm³/mol. The second-order valence-electron chi connectivity index (χ2n) is 10.2. The number of ether oxygens (including phenoxy) is 1. The van der Waals surface area contributed by atoms with Crippen LogP contribution in [-0.4, -0.2) is 63.6 Å². The summed E-state index contributed by atoms with van der Waals surface area (Å²) in [6.07, 6.45) is 5.25. The van der Waals surface area contributed by atoms with Gasteiger partial charge in [0.25, 0.3) is 5.91 Å². The number of carbonyl (C=O) groups is 3. The molecule has 2 aromatic rings. The fraction of sp³-hybridized carbons (Fsp3) is 0.520. The van der Waals surface area contributed by atoms with Crippen molar-refractivity contribution in [1.82, 2.24) is 14.5 Å². The highest BCUT2D eigenvalue weighted by molar-refractivity contribution is 6.14. The van der Waals surface area contributed by atoms with Crippen LogP contribution in [-0.2, 0) is 16.1 Å². The summed E-state index contributed by atoms with van der Waals surface area (Å²) in [4.78, 5) is 48.2. The Morgan fingerprint density at radius 3 is 2.66 bits per heavy atom. The molecule has 6 rings (SSSR count). The van der Waals surface area contributed by atoms with Crippen LogP contribution in [0.2, 0.25) is 0 Å². The molecule has 2 atom stereocenters. The molecule has 3 fully saturated rings. The number of aromatic nitrogens is 2. The number of urea groups is 1. The lowest BCUT2D eigenvalue weighted by Gasteiger charge is -2.25. The van der Waals surface area contributed by atoms with Crippen LogP contribution in [0.3, 0.4) is 0 Å². The highest BCUT2D eigenvalue weighted by atomic mass is 16.5. The summed E-state index contributed by atoms with van der Waals surface area (Å²) in [6, 6.07) is 4.73. The van der Waals surface area contributed by atoms with Gasteiger partial charge in [-0.3, -0.25) is 19.4 Å². The van der Waals surface area contributed by atoms with E-state index in [4.69, 9.17) is 15.5 Å². The largest absolute Gasteiger partial charge is 0.491 e. The maximum Gasteiger partial charge on any atom is 0.333 e. The molecule has 0 unspecified atom stereocenters. The first-order valence-electron chi connectivity index (χ1n) is 12.4. The second-order valence-corrected chi connectivity index (χ2v) is 10.2. The normalized spacial score (nSPS) is 24.0. The van der Waals surface area contributed by atoms with Crippen LogP contribution in [0.1, 0.15) is 39.5 Å². The molecule has 4 heterocycles. The van der Waals surface area contributed by atoms with E-state index in [-0.39, 0.29) is 35.8 Å². The Kier molecular flexibility index (Phi) is 5.01. The Morgan fingerprint density at radius 1 is 1.14 bits per heavy atom. The molecule has 3 aliphatic heterocycles. The minimum Gasteiger partial charge on any atom is -0.491 e. The molecule has 2 saturated heterocycles. The van der Waals surface area contributed by atoms with E-state index in [1.165, 1.54) is 4.90 Å². The molecule has 2 N–H and O–H groups in total. The predicted octanol–water partition coefficient (Wildman–Crippen LogP) is 2.35. The molecule has 1 aliphatic carbocycles. The number of anilines is 2. The van der Waals surface area contributed by atoms with Gasteiger partial charge in [0.2, 0.25) is 5.91 Å². The van der Waals surface area contributed by atoms with Crippen molar-refractivity contribution in [2.75, 3.05) is 23.0 Å². The van der Waals surface area contributed by atoms with Gasteiger partial charge in [0, 0.05) is 30.5 Å². The molecule has 0 radical (unpaired) electrons. The number of primary amides is 1. The maximum absolute atomic E-state index is 13.3. The van der Waals surface area contributed by atoms with Gasteiger partial charge in [0.05, 0.1) is 12.1 Å². The van der Waals surface area contributed by atoms with E-state index in [0.717, 1.165) is 43.5 Å². The summed E-state index contributed by atoms with van der Waals surface area (Å²) in [5.41, 5.74) is 7.32. The molecular formula is C25H30N6O4. The van der Waals surface area contributed by atoms with Gasteiger partial charge >= 0.3 is 6.03 Å². The molecule has 4 amide bonds. The third-order valence-electron chi connectivity index (χ3n) is 7.44. The SMILES string of the molecule is CC(C)[C@H]1C(=O)N(C2CC2)C(=O)N1c1cn2c(n1)-c1ccc(N3CCC[C@H]3C(N)=O)cc1OCC2. The highest BCUT2D eigenvalue weighted by Gasteiger charge is 2.53. The summed E-state index contributed by atoms with van der Waals surface area (Å²) in [7, 11) is 0. The average Bonchev–Trinajstić information content (AvgIpc) is 3.31. The quantitative estimate of drug-likeness (QED) is 0.660. The van der Waals surface area contributed by atoms with Gasteiger partial charge in [-0.2, -0.15) is 0 Å². The molecule has 1 saturated carbocycles. The van der Waals surface area contributed by atoms with Crippen molar-refractivity contribution >= 4 is 29.4 Å². The lowest BCUT2D eigenvalue weighted by Crippen LogP contribution is -2.40. The first-order valence-corrected chi connectivity index (χ1v) is 12.4. The monoisotopic (exact) mass is 478 g/mol. The van der Waals surface area contributed by atoms with Gasteiger partial charge < -0.3 is 19.9 Å². The third-order valence-corrected chi connectivity index (χ3v) is 7.44. The first kappa shape index (κ1) is 21.9. The smallest absolute Gasteiger partial charge is 0.333 e. The van der Waals surface area contributed by atoms with E-state index in [2.05, 4.69) is 0 Å². The minimum absolute atomic E-state index is 0.0176. The topological polar surface area (TPSA) is 114 Å². The Balaban J connectivity index is 1.37. The van der Waals surface area contributed by atoms with Crippen LogP contribution in [0, 0.1) is 5.92 Å². The number of rotatable bonds is 5. The summed E-state index contributed by atoms with van der Waals surface area (Å²) < 4.78 is 8.04. The summed E-state index contributed by atoms with van der Waals surface area (Å²) in [5.74, 6) is 1.39. The zero-order valence-corrected chi connectivity index (χ0v) is 20.0. The number of fused-ring (bicyclic) bond motifs is 3. The molecular weight excluding hydrogens is 448 g/mol. The van der Waals surface area contributed by atoms with Gasteiger partial charge in [-0.05, 0) is 43.7 Å². The molecule has 1 aromatic carbocycles. The molecule has 0 spiro atoms. The van der Waals surface area contributed by atoms with E-state index < -0.39 is 6.04 Å². The number of hydrogen-bond acceptors (Lipinski definition) is 6. The van der Waals surface area contributed by atoms with E-state index in [9.17, 15) is 14.4 Å². The first-order chi connectivity index (χ1) is 16.8. The molecule has 35 heavy (non-hydrogen) atoms. The van der Waals surface area contributed by atoms with E-state index in [1.54, 1.807) is 4.90 Å². The van der Waals surface area contributed by atoms with E-state index in [0.29, 0.717) is 30.5 Å². The Bertz CT molecular complexity index is 1220. The van der Waals surface area contributed by atoms with Crippen molar-refractivity contribution < 1.29 is 19.1 Å². The van der Waals surface area contributed by atoms with Crippen LogP contribution in [0.25, 0.3) is 11.4 Å². The maximum atomic E-state index is 13.3. The van der Waals surface area contributed by atoms with Gasteiger partial charge in [-0.15, -0.1) is 0 Å². The number of imide groups is 1. The third kappa shape index (κ3) is 3.45. The number of nitrogens with two attached hydrogens (primary N) is 1. The van der Waals surface area contributed by atoms with Gasteiger partial charge in [0.15, 0.2) is 5.82 Å². The highest BCUT2D eigenvalue weighted by Crippen LogP contribution is 2.40. The van der Waals surface area contributed by atoms with Crippen molar-refractivity contribution in [2.24, 2.45) is 11.7 Å². The fourth-order valence-electron chi connectivity index (χ4n) is 5.60. The van der Waals surface area contributed by atoms with E-state index >= 15 is 0 Å². The van der Waals surface area contributed by atoms with Crippen molar-refractivity contribution in [1.29, 1.82) is 0 Å². The lowest BCUT2D eigenvalue weighted by molar-refractivity contribution is -0.128. The molecule has 10 heteroatoms. The second kappa shape index (κ2) is 8.00. The summed E-state index contributed by atoms with van der Waals surface area (Å²) in [6.45, 7) is 5.69. The molecule has 4 aliphatic rings. The van der Waals surface area contributed by atoms with Crippen LogP contribution >= 0.6 is 0 Å². The number of carbonyl (C=O) groups excluding carboxylic acids is 3. The Hall–Kier alpha value is -3.56. The number of imidazole rings is 1. The number of nitrogens with zero attached hydrogens (tertiary/aromatic N) is 5. The zero-order chi connectivity index (χ0) is 24.4. The standard InChI is InChI=1S/C25H30N6O4/c1-14(2)21-24(33)30(15-5-6-15)25(34)31(21)20-13-28-10-11-35-19-12-16(7-8-17(19)23(28)27-20)29-9-3-4-18(29)22(26)32/h7-8,12-15,18,21H,3-6,9-11H2,1-2H3,(H2,26,32)/t18-,21-/m0/s1. The van der Waals surface area contributed by atoms with Crippen molar-refractivity contribution in [3.05, 3.63) is 24.4 Å². The van der Waals surface area contributed by atoms with Crippen LogP contribution in [0.4, 0.5) is 16.3 Å². The van der Waals surface area contributed by atoms with Crippen LogP contribution < -0.4 is 20.3 Å². The fourth-order valence-corrected chi connectivity index (χ4v) is 5.60. The van der Waals surface area contributed by atoms with Crippen LogP contribution in [0.5, 0.6) is 5.75 Å². The molecule has 184 valence electrons. The Morgan fingerprint density at radius 2 is 1.94 bits per heavy atom.